The highest BCUT2D eigenvalue weighted by Gasteiger charge is 2.05. The lowest BCUT2D eigenvalue weighted by atomic mass is 10.3. The van der Waals surface area contributed by atoms with Gasteiger partial charge < -0.3 is 19.9 Å². The van der Waals surface area contributed by atoms with E-state index in [9.17, 15) is 0 Å². The van der Waals surface area contributed by atoms with Crippen LogP contribution in [-0.2, 0) is 6.42 Å². The van der Waals surface area contributed by atoms with E-state index in [0.29, 0.717) is 18.2 Å². The van der Waals surface area contributed by atoms with Crippen molar-refractivity contribution in [3.63, 3.8) is 0 Å². The number of nitrogen functional groups attached to an aromatic ring is 1. The summed E-state index contributed by atoms with van der Waals surface area (Å²) in [6, 6.07) is 9.71. The Morgan fingerprint density at radius 3 is 3.06 bits per heavy atom. The molecule has 2 aromatic heterocycles. The van der Waals surface area contributed by atoms with Gasteiger partial charge in [0.25, 0.3) is 6.01 Å². The van der Waals surface area contributed by atoms with E-state index < -0.39 is 0 Å². The van der Waals surface area contributed by atoms with Gasteiger partial charge in [0.1, 0.15) is 11.3 Å². The van der Waals surface area contributed by atoms with E-state index in [-0.39, 0.29) is 0 Å². The Bertz CT molecular complexity index is 643. The lowest BCUT2D eigenvalue weighted by Crippen LogP contribution is -2.04. The minimum atomic E-state index is 0.502. The fourth-order valence-electron chi connectivity index (χ4n) is 1.77. The normalized spacial score (nSPS) is 10.9. The number of aromatic nitrogens is 1. The molecule has 0 radical (unpaired) electrons. The molecule has 18 heavy (non-hydrogen) atoms. The Morgan fingerprint density at radius 1 is 1.28 bits per heavy atom. The number of nitrogens with one attached hydrogen (secondary N) is 1. The number of furan rings is 1. The van der Waals surface area contributed by atoms with Crippen LogP contribution in [0.2, 0.25) is 0 Å². The van der Waals surface area contributed by atoms with Crippen molar-refractivity contribution in [1.29, 1.82) is 0 Å². The fraction of sp³-hybridized carbons (Fsp3) is 0.154. The van der Waals surface area contributed by atoms with Gasteiger partial charge in [-0.15, -0.1) is 0 Å². The van der Waals surface area contributed by atoms with Crippen LogP contribution in [0, 0.1) is 0 Å². The van der Waals surface area contributed by atoms with Crippen LogP contribution in [0.15, 0.2) is 45.4 Å². The molecule has 0 unspecified atom stereocenters. The summed E-state index contributed by atoms with van der Waals surface area (Å²) in [5.41, 5.74) is 7.85. The molecule has 0 fully saturated rings. The number of rotatable bonds is 4. The molecule has 0 spiro atoms. The molecule has 3 rings (SSSR count). The first-order valence-corrected chi connectivity index (χ1v) is 5.73. The van der Waals surface area contributed by atoms with E-state index in [0.717, 1.165) is 23.3 Å². The number of nitrogens with two attached hydrogens (primary N) is 1. The van der Waals surface area contributed by atoms with Gasteiger partial charge in [0.15, 0.2) is 5.58 Å². The summed E-state index contributed by atoms with van der Waals surface area (Å²) in [6.45, 7) is 0.704. The summed E-state index contributed by atoms with van der Waals surface area (Å²) in [7, 11) is 0. The number of hydrogen-bond acceptors (Lipinski definition) is 5. The molecule has 2 heterocycles. The molecular weight excluding hydrogens is 230 g/mol. The zero-order valence-electron chi connectivity index (χ0n) is 9.72. The van der Waals surface area contributed by atoms with Gasteiger partial charge in [-0.1, -0.05) is 0 Å². The average molecular weight is 243 g/mol. The quantitative estimate of drug-likeness (QED) is 0.689. The van der Waals surface area contributed by atoms with Crippen LogP contribution in [0.3, 0.4) is 0 Å². The van der Waals surface area contributed by atoms with Crippen molar-refractivity contribution in [2.45, 2.75) is 6.42 Å². The number of oxazole rings is 1. The van der Waals surface area contributed by atoms with E-state index in [2.05, 4.69) is 10.3 Å². The van der Waals surface area contributed by atoms with Crippen molar-refractivity contribution < 1.29 is 8.83 Å². The van der Waals surface area contributed by atoms with Gasteiger partial charge in [-0.05, 0) is 30.3 Å². The van der Waals surface area contributed by atoms with E-state index in [1.165, 1.54) is 0 Å². The molecule has 5 heteroatoms. The first kappa shape index (κ1) is 10.7. The minimum Gasteiger partial charge on any atom is -0.469 e. The molecule has 0 atom stereocenters. The number of benzene rings is 1. The summed E-state index contributed by atoms with van der Waals surface area (Å²) in [5, 5.41) is 3.11. The first-order chi connectivity index (χ1) is 8.81. The van der Waals surface area contributed by atoms with Gasteiger partial charge in [0.2, 0.25) is 0 Å². The van der Waals surface area contributed by atoms with Crippen molar-refractivity contribution in [3.8, 4) is 0 Å². The molecule has 92 valence electrons. The molecule has 0 aliphatic carbocycles. The second kappa shape index (κ2) is 4.44. The first-order valence-electron chi connectivity index (χ1n) is 5.73. The second-order valence-corrected chi connectivity index (χ2v) is 4.00. The van der Waals surface area contributed by atoms with Crippen molar-refractivity contribution >= 4 is 22.8 Å². The molecule has 0 amide bonds. The van der Waals surface area contributed by atoms with Crippen LogP contribution in [-0.4, -0.2) is 11.5 Å². The third kappa shape index (κ3) is 2.15. The monoisotopic (exact) mass is 243 g/mol. The SMILES string of the molecule is Nc1ccc2oc(NCCc3ccco3)nc2c1. The van der Waals surface area contributed by atoms with Gasteiger partial charge in [0.05, 0.1) is 6.26 Å². The zero-order chi connectivity index (χ0) is 12.4. The van der Waals surface area contributed by atoms with Gasteiger partial charge in [-0.2, -0.15) is 4.98 Å². The summed E-state index contributed by atoms with van der Waals surface area (Å²) < 4.78 is 10.8. The van der Waals surface area contributed by atoms with Crippen molar-refractivity contribution in [2.24, 2.45) is 0 Å². The maximum atomic E-state index is 5.68. The van der Waals surface area contributed by atoms with Crippen molar-refractivity contribution in [3.05, 3.63) is 42.4 Å². The number of nitrogens with zero attached hydrogens (tertiary/aromatic N) is 1. The third-order valence-electron chi connectivity index (χ3n) is 2.64. The van der Waals surface area contributed by atoms with E-state index in [1.54, 1.807) is 18.4 Å². The largest absolute Gasteiger partial charge is 0.469 e. The molecule has 3 N–H and O–H groups in total. The Hall–Kier alpha value is -2.43. The van der Waals surface area contributed by atoms with Crippen LogP contribution < -0.4 is 11.1 Å². The molecule has 0 aliphatic rings. The summed E-state index contributed by atoms with van der Waals surface area (Å²) in [4.78, 5) is 4.30. The van der Waals surface area contributed by atoms with Crippen LogP contribution in [0.5, 0.6) is 0 Å². The van der Waals surface area contributed by atoms with Crippen molar-refractivity contribution in [2.75, 3.05) is 17.6 Å². The number of hydrogen-bond donors (Lipinski definition) is 2. The molecular formula is C13H13N3O2. The summed E-state index contributed by atoms with van der Waals surface area (Å²) >= 11 is 0. The Balaban J connectivity index is 1.67. The third-order valence-corrected chi connectivity index (χ3v) is 2.64. The summed E-state index contributed by atoms with van der Waals surface area (Å²) in [6.07, 6.45) is 2.45. The Labute approximate surface area is 104 Å². The Kier molecular flexibility index (Phi) is 2.64. The number of anilines is 2. The smallest absolute Gasteiger partial charge is 0.295 e. The molecule has 0 saturated carbocycles. The highest BCUT2D eigenvalue weighted by molar-refractivity contribution is 5.78. The zero-order valence-corrected chi connectivity index (χ0v) is 9.72. The average Bonchev–Trinajstić information content (AvgIpc) is 2.97. The lowest BCUT2D eigenvalue weighted by molar-refractivity contribution is 0.511. The van der Waals surface area contributed by atoms with Crippen LogP contribution in [0.25, 0.3) is 11.1 Å². The predicted molar refractivity (Wildman–Crippen MR) is 69.3 cm³/mol. The van der Waals surface area contributed by atoms with Gasteiger partial charge >= 0.3 is 0 Å². The highest BCUT2D eigenvalue weighted by Crippen LogP contribution is 2.20. The molecule has 3 aromatic rings. The van der Waals surface area contributed by atoms with Gasteiger partial charge in [0, 0.05) is 18.7 Å². The molecule has 0 bridgehead atoms. The molecule has 0 saturated heterocycles. The maximum absolute atomic E-state index is 5.68. The topological polar surface area (TPSA) is 77.2 Å². The Morgan fingerprint density at radius 2 is 2.22 bits per heavy atom. The second-order valence-electron chi connectivity index (χ2n) is 4.00. The van der Waals surface area contributed by atoms with Crippen LogP contribution >= 0.6 is 0 Å². The van der Waals surface area contributed by atoms with E-state index in [4.69, 9.17) is 14.6 Å². The molecule has 5 nitrogen and oxygen atoms in total. The number of fused-ring (bicyclic) bond motifs is 1. The minimum absolute atomic E-state index is 0.502. The fourth-order valence-corrected chi connectivity index (χ4v) is 1.77. The van der Waals surface area contributed by atoms with E-state index in [1.807, 2.05) is 18.2 Å². The molecule has 1 aromatic carbocycles. The highest BCUT2D eigenvalue weighted by atomic mass is 16.4. The van der Waals surface area contributed by atoms with Crippen LogP contribution in [0.4, 0.5) is 11.7 Å². The molecule has 0 aliphatic heterocycles. The standard InChI is InChI=1S/C13H13N3O2/c14-9-3-4-12-11(8-9)16-13(18-12)15-6-5-10-2-1-7-17-10/h1-4,7-8H,5-6,14H2,(H,15,16). The van der Waals surface area contributed by atoms with Gasteiger partial charge in [-0.25, -0.2) is 0 Å². The van der Waals surface area contributed by atoms with E-state index >= 15 is 0 Å². The van der Waals surface area contributed by atoms with Gasteiger partial charge in [-0.3, -0.25) is 0 Å². The lowest BCUT2D eigenvalue weighted by Gasteiger charge is -1.98. The predicted octanol–water partition coefficient (Wildman–Crippen LogP) is 2.66. The van der Waals surface area contributed by atoms with Crippen molar-refractivity contribution in [1.82, 2.24) is 4.98 Å². The maximum Gasteiger partial charge on any atom is 0.295 e. The summed E-state index contributed by atoms with van der Waals surface area (Å²) in [5.74, 6) is 0.933. The van der Waals surface area contributed by atoms with Crippen LogP contribution in [0.1, 0.15) is 5.76 Å².